The van der Waals surface area contributed by atoms with Gasteiger partial charge in [-0.2, -0.15) is 0 Å². The lowest BCUT2D eigenvalue weighted by Crippen LogP contribution is -2.45. The third-order valence-electron chi connectivity index (χ3n) is 4.88. The molecule has 1 aromatic rings. The number of thioether (sulfide) groups is 1. The smallest absolute Gasteiger partial charge is 0.293 e. The van der Waals surface area contributed by atoms with Crippen molar-refractivity contribution in [3.63, 3.8) is 0 Å². The van der Waals surface area contributed by atoms with E-state index in [9.17, 15) is 14.0 Å². The summed E-state index contributed by atoms with van der Waals surface area (Å²) in [5.41, 5.74) is 2.95. The van der Waals surface area contributed by atoms with Gasteiger partial charge >= 0.3 is 0 Å². The van der Waals surface area contributed by atoms with Gasteiger partial charge in [0.2, 0.25) is 0 Å². The first kappa shape index (κ1) is 19.4. The van der Waals surface area contributed by atoms with Gasteiger partial charge < -0.3 is 4.90 Å². The van der Waals surface area contributed by atoms with Crippen LogP contribution in [0.1, 0.15) is 38.8 Å². The fourth-order valence-corrected chi connectivity index (χ4v) is 4.57. The first-order valence-corrected chi connectivity index (χ1v) is 9.68. The molecule has 2 heterocycles. The zero-order valence-electron chi connectivity index (χ0n) is 16.0. The van der Waals surface area contributed by atoms with Crippen molar-refractivity contribution in [2.45, 2.75) is 33.2 Å². The SMILES string of the molecule is C=CCN1C(=O)S/C(=C/c2cc3c(cc2F)N(CC)C(C)(C)C=C3C)C1=O. The molecule has 142 valence electrons. The van der Waals surface area contributed by atoms with Gasteiger partial charge in [0.15, 0.2) is 0 Å². The topological polar surface area (TPSA) is 40.6 Å². The van der Waals surface area contributed by atoms with E-state index in [1.54, 1.807) is 6.07 Å². The average Bonchev–Trinajstić information content (AvgIpc) is 2.84. The molecule has 3 rings (SSSR count). The number of fused-ring (bicyclic) bond motifs is 1. The molecular weight excluding hydrogens is 363 g/mol. The molecule has 0 aliphatic carbocycles. The molecule has 2 amide bonds. The van der Waals surface area contributed by atoms with Crippen molar-refractivity contribution in [3.8, 4) is 0 Å². The van der Waals surface area contributed by atoms with E-state index in [1.165, 1.54) is 18.2 Å². The minimum Gasteiger partial charge on any atom is -0.363 e. The van der Waals surface area contributed by atoms with Crippen LogP contribution < -0.4 is 4.90 Å². The number of allylic oxidation sites excluding steroid dienone is 1. The molecule has 0 atom stereocenters. The Morgan fingerprint density at radius 1 is 1.30 bits per heavy atom. The summed E-state index contributed by atoms with van der Waals surface area (Å²) in [6.45, 7) is 12.7. The first-order valence-electron chi connectivity index (χ1n) is 8.87. The van der Waals surface area contributed by atoms with E-state index in [1.807, 2.05) is 13.8 Å². The van der Waals surface area contributed by atoms with Crippen molar-refractivity contribution in [3.05, 3.63) is 52.7 Å². The van der Waals surface area contributed by atoms with Crippen LogP contribution in [0.15, 0.2) is 35.8 Å². The third-order valence-corrected chi connectivity index (χ3v) is 5.79. The Balaban J connectivity index is 2.06. The maximum Gasteiger partial charge on any atom is 0.293 e. The normalized spacial score (nSPS) is 20.2. The van der Waals surface area contributed by atoms with E-state index >= 15 is 0 Å². The molecule has 0 aromatic heterocycles. The number of benzene rings is 1. The number of rotatable bonds is 4. The van der Waals surface area contributed by atoms with Crippen molar-refractivity contribution in [2.75, 3.05) is 18.0 Å². The van der Waals surface area contributed by atoms with E-state index in [4.69, 9.17) is 0 Å². The van der Waals surface area contributed by atoms with Gasteiger partial charge in [0, 0.05) is 29.9 Å². The fraction of sp³-hybridized carbons (Fsp3) is 0.333. The second-order valence-electron chi connectivity index (χ2n) is 7.20. The molecule has 0 radical (unpaired) electrons. The lowest BCUT2D eigenvalue weighted by atomic mass is 9.88. The van der Waals surface area contributed by atoms with Crippen LogP contribution in [0.4, 0.5) is 14.9 Å². The zero-order valence-corrected chi connectivity index (χ0v) is 16.8. The quantitative estimate of drug-likeness (QED) is 0.535. The van der Waals surface area contributed by atoms with Crippen LogP contribution >= 0.6 is 11.8 Å². The lowest BCUT2D eigenvalue weighted by Gasteiger charge is -2.42. The number of imide groups is 1. The number of likely N-dealkylation sites (N-methyl/N-ethyl adjacent to an activating group) is 1. The van der Waals surface area contributed by atoms with Crippen LogP contribution in [-0.2, 0) is 4.79 Å². The third kappa shape index (κ3) is 3.34. The Morgan fingerprint density at radius 2 is 2.00 bits per heavy atom. The molecule has 1 fully saturated rings. The van der Waals surface area contributed by atoms with Gasteiger partial charge in [0.25, 0.3) is 11.1 Å². The van der Waals surface area contributed by atoms with E-state index in [-0.39, 0.29) is 22.2 Å². The summed E-state index contributed by atoms with van der Waals surface area (Å²) in [7, 11) is 0. The van der Waals surface area contributed by atoms with Crippen LogP contribution in [-0.4, -0.2) is 34.7 Å². The van der Waals surface area contributed by atoms with Gasteiger partial charge in [0.05, 0.1) is 10.4 Å². The van der Waals surface area contributed by atoms with Crippen molar-refractivity contribution in [1.29, 1.82) is 0 Å². The second-order valence-corrected chi connectivity index (χ2v) is 8.19. The van der Waals surface area contributed by atoms with Gasteiger partial charge in [-0.25, -0.2) is 4.39 Å². The summed E-state index contributed by atoms with van der Waals surface area (Å²) < 4.78 is 14.9. The highest BCUT2D eigenvalue weighted by Crippen LogP contribution is 2.41. The molecular formula is C21H23FN2O2S. The van der Waals surface area contributed by atoms with Gasteiger partial charge in [-0.05, 0) is 63.2 Å². The number of hydrogen-bond donors (Lipinski definition) is 0. The number of halogens is 1. The average molecular weight is 386 g/mol. The first-order chi connectivity index (χ1) is 12.7. The maximum absolute atomic E-state index is 14.9. The molecule has 27 heavy (non-hydrogen) atoms. The van der Waals surface area contributed by atoms with Gasteiger partial charge in [-0.15, -0.1) is 6.58 Å². The molecule has 1 saturated heterocycles. The lowest BCUT2D eigenvalue weighted by molar-refractivity contribution is -0.122. The number of anilines is 1. The maximum atomic E-state index is 14.9. The Bertz CT molecular complexity index is 902. The van der Waals surface area contributed by atoms with Crippen molar-refractivity contribution in [1.82, 2.24) is 4.90 Å². The summed E-state index contributed by atoms with van der Waals surface area (Å²) in [6, 6.07) is 3.28. The minimum absolute atomic E-state index is 0.150. The fourth-order valence-electron chi connectivity index (χ4n) is 3.73. The largest absolute Gasteiger partial charge is 0.363 e. The number of nitrogens with zero attached hydrogens (tertiary/aromatic N) is 2. The van der Waals surface area contributed by atoms with Gasteiger partial charge in [0.1, 0.15) is 5.82 Å². The van der Waals surface area contributed by atoms with Crippen LogP contribution in [0, 0.1) is 5.82 Å². The molecule has 4 nitrogen and oxygen atoms in total. The monoisotopic (exact) mass is 386 g/mol. The van der Waals surface area contributed by atoms with E-state index < -0.39 is 11.7 Å². The number of hydrogen-bond acceptors (Lipinski definition) is 4. The van der Waals surface area contributed by atoms with E-state index in [0.717, 1.165) is 40.0 Å². The number of amides is 2. The molecule has 6 heteroatoms. The Labute approximate surface area is 163 Å². The molecule has 1 aromatic carbocycles. The molecule has 0 N–H and O–H groups in total. The summed E-state index contributed by atoms with van der Waals surface area (Å²) in [6.07, 6.45) is 5.12. The summed E-state index contributed by atoms with van der Waals surface area (Å²) in [4.78, 5) is 27.8. The van der Waals surface area contributed by atoms with E-state index in [2.05, 4.69) is 31.4 Å². The molecule has 2 aliphatic heterocycles. The van der Waals surface area contributed by atoms with Crippen LogP contribution in [0.5, 0.6) is 0 Å². The van der Waals surface area contributed by atoms with Crippen LogP contribution in [0.3, 0.4) is 0 Å². The van der Waals surface area contributed by atoms with Crippen molar-refractivity contribution >= 4 is 40.2 Å². The molecule has 0 saturated carbocycles. The number of carbonyl (C=O) groups is 2. The molecule has 0 spiro atoms. The van der Waals surface area contributed by atoms with Crippen molar-refractivity contribution < 1.29 is 14.0 Å². The van der Waals surface area contributed by atoms with Crippen LogP contribution in [0.25, 0.3) is 11.6 Å². The van der Waals surface area contributed by atoms with Gasteiger partial charge in [-0.1, -0.05) is 12.2 Å². The highest BCUT2D eigenvalue weighted by molar-refractivity contribution is 8.18. The van der Waals surface area contributed by atoms with Gasteiger partial charge in [-0.3, -0.25) is 14.5 Å². The van der Waals surface area contributed by atoms with Crippen molar-refractivity contribution in [2.24, 2.45) is 0 Å². The zero-order chi connectivity index (χ0) is 19.9. The standard InChI is InChI=1S/C21H23FN2O2S/c1-6-8-23-19(25)18(27-20(23)26)10-14-9-15-13(3)12-21(4,5)24(7-2)17(15)11-16(14)22/h6,9-12H,1,7-8H2,2-5H3/b18-10+. The molecule has 2 aliphatic rings. The Morgan fingerprint density at radius 3 is 2.63 bits per heavy atom. The summed E-state index contributed by atoms with van der Waals surface area (Å²) >= 11 is 0.827. The predicted octanol–water partition coefficient (Wildman–Crippen LogP) is 5.07. The summed E-state index contributed by atoms with van der Waals surface area (Å²) in [5, 5.41) is -0.362. The number of carbonyl (C=O) groups excluding carboxylic acids is 2. The highest BCUT2D eigenvalue weighted by Gasteiger charge is 2.35. The van der Waals surface area contributed by atoms with Crippen LogP contribution in [0.2, 0.25) is 0 Å². The van der Waals surface area contributed by atoms with E-state index in [0.29, 0.717) is 5.56 Å². The molecule has 0 bridgehead atoms. The minimum atomic E-state index is -0.411. The Kier molecular flexibility index (Phi) is 5.04. The highest BCUT2D eigenvalue weighted by atomic mass is 32.2. The summed E-state index contributed by atoms with van der Waals surface area (Å²) in [5.74, 6) is -0.821. The predicted molar refractivity (Wildman–Crippen MR) is 110 cm³/mol. The Hall–Kier alpha value is -2.34. The second kappa shape index (κ2) is 7.00. The molecule has 0 unspecified atom stereocenters.